The SMILES string of the molecule is OC1CCC(C2(C(F)(F)F)CC2)CC1. The van der Waals surface area contributed by atoms with Gasteiger partial charge >= 0.3 is 6.18 Å². The Morgan fingerprint density at radius 1 is 1.00 bits per heavy atom. The van der Waals surface area contributed by atoms with Crippen molar-refractivity contribution in [3.8, 4) is 0 Å². The van der Waals surface area contributed by atoms with Crippen LogP contribution < -0.4 is 0 Å². The van der Waals surface area contributed by atoms with Gasteiger partial charge in [0.25, 0.3) is 0 Å². The first kappa shape index (κ1) is 10.3. The minimum atomic E-state index is -4.03. The lowest BCUT2D eigenvalue weighted by Gasteiger charge is -2.33. The van der Waals surface area contributed by atoms with Crippen LogP contribution in [0.5, 0.6) is 0 Å². The fourth-order valence-corrected chi connectivity index (χ4v) is 2.69. The first-order valence-electron chi connectivity index (χ1n) is 5.20. The summed E-state index contributed by atoms with van der Waals surface area (Å²) in [6.07, 6.45) is -1.61. The van der Waals surface area contributed by atoms with E-state index in [9.17, 15) is 18.3 Å². The van der Waals surface area contributed by atoms with E-state index >= 15 is 0 Å². The lowest BCUT2D eigenvalue weighted by Crippen LogP contribution is -2.35. The maximum absolute atomic E-state index is 12.7. The van der Waals surface area contributed by atoms with Crippen LogP contribution in [0.1, 0.15) is 38.5 Å². The Balaban J connectivity index is 2.02. The molecule has 0 spiro atoms. The van der Waals surface area contributed by atoms with Gasteiger partial charge in [-0.05, 0) is 44.4 Å². The van der Waals surface area contributed by atoms with Crippen LogP contribution in [0, 0.1) is 11.3 Å². The topological polar surface area (TPSA) is 20.2 Å². The van der Waals surface area contributed by atoms with Gasteiger partial charge in [0, 0.05) is 0 Å². The van der Waals surface area contributed by atoms with Crippen LogP contribution in [0.15, 0.2) is 0 Å². The van der Waals surface area contributed by atoms with Gasteiger partial charge in [0.15, 0.2) is 0 Å². The molecule has 82 valence electrons. The number of aliphatic hydroxyl groups is 1. The van der Waals surface area contributed by atoms with Crippen molar-refractivity contribution < 1.29 is 18.3 Å². The highest BCUT2D eigenvalue weighted by Crippen LogP contribution is 2.65. The van der Waals surface area contributed by atoms with Crippen LogP contribution in [0.25, 0.3) is 0 Å². The summed E-state index contributed by atoms with van der Waals surface area (Å²) in [5.41, 5.74) is -1.37. The maximum Gasteiger partial charge on any atom is 0.394 e. The lowest BCUT2D eigenvalue weighted by atomic mass is 9.76. The van der Waals surface area contributed by atoms with Crippen molar-refractivity contribution in [2.75, 3.05) is 0 Å². The summed E-state index contributed by atoms with van der Waals surface area (Å²) >= 11 is 0. The summed E-state index contributed by atoms with van der Waals surface area (Å²) in [4.78, 5) is 0. The van der Waals surface area contributed by atoms with Gasteiger partial charge < -0.3 is 5.11 Å². The molecule has 0 amide bonds. The molecule has 0 aliphatic heterocycles. The highest BCUT2D eigenvalue weighted by atomic mass is 19.4. The van der Waals surface area contributed by atoms with Gasteiger partial charge in [0.1, 0.15) is 0 Å². The molecule has 0 aromatic rings. The summed E-state index contributed by atoms with van der Waals surface area (Å²) in [6.45, 7) is 0. The molecule has 14 heavy (non-hydrogen) atoms. The Bertz CT molecular complexity index is 212. The van der Waals surface area contributed by atoms with E-state index in [2.05, 4.69) is 0 Å². The Morgan fingerprint density at radius 2 is 1.50 bits per heavy atom. The van der Waals surface area contributed by atoms with Crippen LogP contribution in [0.4, 0.5) is 13.2 Å². The Hall–Kier alpha value is -0.250. The molecular formula is C10H15F3O. The van der Waals surface area contributed by atoms with E-state index in [1.54, 1.807) is 0 Å². The third-order valence-corrected chi connectivity index (χ3v) is 3.83. The molecule has 0 bridgehead atoms. The van der Waals surface area contributed by atoms with Gasteiger partial charge in [-0.1, -0.05) is 0 Å². The summed E-state index contributed by atoms with van der Waals surface area (Å²) in [5.74, 6) is -0.231. The summed E-state index contributed by atoms with van der Waals surface area (Å²) in [7, 11) is 0. The number of rotatable bonds is 1. The minimum absolute atomic E-state index is 0.231. The molecule has 1 N–H and O–H groups in total. The molecule has 0 saturated heterocycles. The predicted octanol–water partition coefficient (Wildman–Crippen LogP) is 2.88. The van der Waals surface area contributed by atoms with Crippen molar-refractivity contribution in [3.05, 3.63) is 0 Å². The van der Waals surface area contributed by atoms with E-state index in [1.807, 2.05) is 0 Å². The third-order valence-electron chi connectivity index (χ3n) is 3.83. The second-order valence-corrected chi connectivity index (χ2v) is 4.66. The van der Waals surface area contributed by atoms with Crippen LogP contribution in [-0.2, 0) is 0 Å². The van der Waals surface area contributed by atoms with E-state index in [0.29, 0.717) is 38.5 Å². The zero-order valence-electron chi connectivity index (χ0n) is 7.98. The fraction of sp³-hybridized carbons (Fsp3) is 1.00. The number of hydrogen-bond donors (Lipinski definition) is 1. The van der Waals surface area contributed by atoms with Gasteiger partial charge in [-0.15, -0.1) is 0 Å². The van der Waals surface area contributed by atoms with Crippen molar-refractivity contribution in [1.82, 2.24) is 0 Å². The van der Waals surface area contributed by atoms with Crippen LogP contribution >= 0.6 is 0 Å². The average Bonchev–Trinajstić information content (AvgIpc) is 2.84. The molecule has 0 aromatic heterocycles. The molecule has 1 nitrogen and oxygen atoms in total. The molecule has 0 radical (unpaired) electrons. The van der Waals surface area contributed by atoms with E-state index < -0.39 is 11.6 Å². The first-order chi connectivity index (χ1) is 6.46. The molecule has 0 heterocycles. The van der Waals surface area contributed by atoms with Crippen molar-refractivity contribution >= 4 is 0 Å². The minimum Gasteiger partial charge on any atom is -0.393 e. The highest BCUT2D eigenvalue weighted by molar-refractivity contribution is 5.04. The Morgan fingerprint density at radius 3 is 1.86 bits per heavy atom. The third kappa shape index (κ3) is 1.53. The fourth-order valence-electron chi connectivity index (χ4n) is 2.69. The Labute approximate surface area is 81.3 Å². The average molecular weight is 208 g/mol. The Kier molecular flexibility index (Phi) is 2.29. The normalized spacial score (nSPS) is 36.9. The molecule has 2 aliphatic rings. The zero-order valence-corrected chi connectivity index (χ0v) is 7.98. The van der Waals surface area contributed by atoms with E-state index in [4.69, 9.17) is 0 Å². The van der Waals surface area contributed by atoms with Crippen molar-refractivity contribution in [3.63, 3.8) is 0 Å². The summed E-state index contributed by atoms with van der Waals surface area (Å²) in [6, 6.07) is 0. The van der Waals surface area contributed by atoms with Gasteiger partial charge in [0.05, 0.1) is 11.5 Å². The first-order valence-corrected chi connectivity index (χ1v) is 5.20. The summed E-state index contributed by atoms with van der Waals surface area (Å²) in [5, 5.41) is 9.23. The molecule has 2 rings (SSSR count). The number of halogens is 3. The molecule has 2 saturated carbocycles. The maximum atomic E-state index is 12.7. The van der Waals surface area contributed by atoms with Crippen molar-refractivity contribution in [2.24, 2.45) is 11.3 Å². The van der Waals surface area contributed by atoms with Crippen LogP contribution in [0.3, 0.4) is 0 Å². The van der Waals surface area contributed by atoms with E-state index in [1.165, 1.54) is 0 Å². The predicted molar refractivity (Wildman–Crippen MR) is 45.7 cm³/mol. The number of aliphatic hydroxyl groups excluding tert-OH is 1. The van der Waals surface area contributed by atoms with Crippen LogP contribution in [0.2, 0.25) is 0 Å². The molecular weight excluding hydrogens is 193 g/mol. The van der Waals surface area contributed by atoms with E-state index in [-0.39, 0.29) is 12.0 Å². The van der Waals surface area contributed by atoms with Gasteiger partial charge in [-0.25, -0.2) is 0 Å². The van der Waals surface area contributed by atoms with Crippen molar-refractivity contribution in [2.45, 2.75) is 50.8 Å². The van der Waals surface area contributed by atoms with Crippen LogP contribution in [-0.4, -0.2) is 17.4 Å². The largest absolute Gasteiger partial charge is 0.394 e. The van der Waals surface area contributed by atoms with Gasteiger partial charge in [0.2, 0.25) is 0 Å². The second kappa shape index (κ2) is 3.12. The standard InChI is InChI=1S/C10H15F3O/c11-10(12,13)9(5-6-9)7-1-3-8(14)4-2-7/h7-8,14H,1-6H2. The molecule has 0 atom stereocenters. The highest BCUT2D eigenvalue weighted by Gasteiger charge is 2.66. The van der Waals surface area contributed by atoms with Crippen molar-refractivity contribution in [1.29, 1.82) is 0 Å². The molecule has 2 aliphatic carbocycles. The molecule has 0 aromatic carbocycles. The number of alkyl halides is 3. The second-order valence-electron chi connectivity index (χ2n) is 4.66. The monoisotopic (exact) mass is 208 g/mol. The van der Waals surface area contributed by atoms with E-state index in [0.717, 1.165) is 0 Å². The zero-order chi connectivity index (χ0) is 10.4. The molecule has 0 unspecified atom stereocenters. The summed E-state index contributed by atoms with van der Waals surface area (Å²) < 4.78 is 38.1. The van der Waals surface area contributed by atoms with Gasteiger partial charge in [-0.2, -0.15) is 13.2 Å². The molecule has 4 heteroatoms. The quantitative estimate of drug-likeness (QED) is 0.702. The van der Waals surface area contributed by atoms with Gasteiger partial charge in [-0.3, -0.25) is 0 Å². The smallest absolute Gasteiger partial charge is 0.393 e. The lowest BCUT2D eigenvalue weighted by molar-refractivity contribution is -0.207. The molecule has 2 fully saturated rings. The number of hydrogen-bond acceptors (Lipinski definition) is 1.